The highest BCUT2D eigenvalue weighted by molar-refractivity contribution is 6.75. The lowest BCUT2D eigenvalue weighted by molar-refractivity contribution is 0.223. The average molecular weight is 569 g/mol. The minimum atomic E-state index is -2.11. The van der Waals surface area contributed by atoms with E-state index in [1.165, 1.54) is 11.1 Å². The third-order valence-corrected chi connectivity index (χ3v) is 17.1. The Bertz CT molecular complexity index is 1070. The highest BCUT2D eigenvalue weighted by Gasteiger charge is 2.41. The number of rotatable bonds is 13. The van der Waals surface area contributed by atoms with Gasteiger partial charge >= 0.3 is 0 Å². The van der Waals surface area contributed by atoms with Crippen molar-refractivity contribution in [3.63, 3.8) is 0 Å². The van der Waals surface area contributed by atoms with Gasteiger partial charge in [-0.1, -0.05) is 70.9 Å². The van der Waals surface area contributed by atoms with E-state index in [0.717, 1.165) is 48.3 Å². The van der Waals surface area contributed by atoms with Crippen LogP contribution in [-0.2, 0) is 10.8 Å². The fraction of sp³-hybridized carbons (Fsp3) is 0.588. The van der Waals surface area contributed by atoms with E-state index < -0.39 is 16.6 Å². The molecule has 0 radical (unpaired) electrons. The van der Waals surface area contributed by atoms with Gasteiger partial charge in [-0.3, -0.25) is 0 Å². The van der Waals surface area contributed by atoms with Gasteiger partial charge in [0.05, 0.1) is 13.2 Å². The molecule has 0 saturated heterocycles. The fourth-order valence-electron chi connectivity index (χ4n) is 3.69. The molecule has 1 rings (SSSR count). The quantitative estimate of drug-likeness (QED) is 0.102. The van der Waals surface area contributed by atoms with Gasteiger partial charge in [0.2, 0.25) is 8.32 Å². The molecule has 0 spiro atoms. The number of terminal acetylenes is 1. The molecule has 3 nitrogen and oxygen atoms in total. The maximum absolute atomic E-state index is 7.06. The van der Waals surface area contributed by atoms with Crippen LogP contribution < -0.4 is 9.16 Å². The smallest absolute Gasteiger partial charge is 0.250 e. The van der Waals surface area contributed by atoms with Gasteiger partial charge in [-0.2, -0.15) is 0 Å². The third kappa shape index (κ3) is 10.2. The first-order valence-electron chi connectivity index (χ1n) is 14.2. The van der Waals surface area contributed by atoms with Crippen molar-refractivity contribution in [2.75, 3.05) is 7.11 Å². The zero-order valence-electron chi connectivity index (χ0n) is 27.3. The summed E-state index contributed by atoms with van der Waals surface area (Å²) in [7, 11) is -2.48. The van der Waals surface area contributed by atoms with Crippen molar-refractivity contribution in [3.8, 4) is 23.8 Å². The molecule has 0 bridgehead atoms. The number of hydrogen-bond acceptors (Lipinski definition) is 3. The van der Waals surface area contributed by atoms with E-state index in [4.69, 9.17) is 20.0 Å². The van der Waals surface area contributed by atoms with Gasteiger partial charge in [0.25, 0.3) is 0 Å². The summed E-state index contributed by atoms with van der Waals surface area (Å²) in [6, 6.07) is 4.36. The summed E-state index contributed by atoms with van der Waals surface area (Å²) < 4.78 is 20.1. The van der Waals surface area contributed by atoms with Crippen molar-refractivity contribution in [3.05, 3.63) is 59.2 Å². The Labute approximate surface area is 243 Å². The molecule has 0 fully saturated rings. The SMILES string of the molecule is C#CCC/C=C(\C)Cc1cc(OC)c([C@H](/C=C(\C)CC=C)O[Si](C)(C)C(C)(C)C)cc1O[Si](C)(C)C(C)(C)C. The van der Waals surface area contributed by atoms with E-state index in [1.54, 1.807) is 7.11 Å². The number of allylic oxidation sites excluding steroid dienone is 4. The van der Waals surface area contributed by atoms with Gasteiger partial charge in [0, 0.05) is 17.5 Å². The molecular formula is C34H56O3Si2. The minimum Gasteiger partial charge on any atom is -0.543 e. The summed E-state index contributed by atoms with van der Waals surface area (Å²) in [5.41, 5.74) is 4.64. The third-order valence-electron chi connectivity index (χ3n) is 8.27. The first-order valence-corrected chi connectivity index (χ1v) is 20.1. The zero-order chi connectivity index (χ0) is 30.2. The van der Waals surface area contributed by atoms with Crippen LogP contribution in [0.5, 0.6) is 11.5 Å². The number of unbranched alkanes of at least 4 members (excludes halogenated alkanes) is 1. The number of ether oxygens (including phenoxy) is 1. The lowest BCUT2D eigenvalue weighted by Crippen LogP contribution is -2.44. The van der Waals surface area contributed by atoms with Crippen molar-refractivity contribution < 1.29 is 13.6 Å². The maximum Gasteiger partial charge on any atom is 0.250 e. The van der Waals surface area contributed by atoms with E-state index in [0.29, 0.717) is 0 Å². The molecule has 1 atom stereocenters. The molecule has 0 aliphatic carbocycles. The summed E-state index contributed by atoms with van der Waals surface area (Å²) in [6.45, 7) is 31.1. The molecule has 0 heterocycles. The lowest BCUT2D eigenvalue weighted by Gasteiger charge is -2.40. The first-order chi connectivity index (χ1) is 17.8. The summed E-state index contributed by atoms with van der Waals surface area (Å²) in [4.78, 5) is 0. The van der Waals surface area contributed by atoms with Gasteiger partial charge < -0.3 is 13.6 Å². The van der Waals surface area contributed by atoms with E-state index in [2.05, 4.69) is 118 Å². The largest absolute Gasteiger partial charge is 0.543 e. The second kappa shape index (κ2) is 14.1. The van der Waals surface area contributed by atoms with Crippen LogP contribution >= 0.6 is 0 Å². The topological polar surface area (TPSA) is 27.7 Å². The monoisotopic (exact) mass is 568 g/mol. The van der Waals surface area contributed by atoms with E-state index in [9.17, 15) is 0 Å². The molecule has 218 valence electrons. The van der Waals surface area contributed by atoms with E-state index >= 15 is 0 Å². The molecule has 39 heavy (non-hydrogen) atoms. The molecule has 0 unspecified atom stereocenters. The standard InChI is InChI=1S/C34H56O3Si2/c1-16-18-19-21-27(4)22-28-24-31(35-11)29(25-30(28)36-38(12,13)33(5,6)7)32(23-26(3)20-17-2)37-39(14,15)34(8,9)10/h1,17,21,23-25,32H,2,18-20,22H2,3-15H3/b26-23+,27-21+/t32-/m0/s1. The normalized spacial score (nSPS) is 14.6. The summed E-state index contributed by atoms with van der Waals surface area (Å²) >= 11 is 0. The Morgan fingerprint density at radius 3 is 2.05 bits per heavy atom. The number of benzene rings is 1. The van der Waals surface area contributed by atoms with Crippen LogP contribution in [-0.4, -0.2) is 23.7 Å². The molecule has 1 aromatic carbocycles. The van der Waals surface area contributed by atoms with Gasteiger partial charge in [-0.05, 0) is 81.5 Å². The Kier molecular flexibility index (Phi) is 12.6. The van der Waals surface area contributed by atoms with Crippen molar-refractivity contribution >= 4 is 16.6 Å². The Hall–Kier alpha value is -2.01. The Morgan fingerprint density at radius 2 is 1.56 bits per heavy atom. The summed E-state index contributed by atoms with van der Waals surface area (Å²) in [5, 5.41) is 0.138. The molecule has 0 aliphatic rings. The van der Waals surface area contributed by atoms with Gasteiger partial charge in [0.1, 0.15) is 11.5 Å². The van der Waals surface area contributed by atoms with Gasteiger partial charge in [-0.15, -0.1) is 18.9 Å². The summed E-state index contributed by atoms with van der Waals surface area (Å²) in [5.74, 6) is 4.49. The van der Waals surface area contributed by atoms with Crippen molar-refractivity contribution in [2.45, 2.75) is 123 Å². The highest BCUT2D eigenvalue weighted by Crippen LogP contribution is 2.45. The van der Waals surface area contributed by atoms with Gasteiger partial charge in [-0.25, -0.2) is 0 Å². The first kappa shape index (κ1) is 35.0. The van der Waals surface area contributed by atoms with E-state index in [-0.39, 0.29) is 16.2 Å². The van der Waals surface area contributed by atoms with Crippen LogP contribution in [0, 0.1) is 12.3 Å². The Balaban J connectivity index is 3.87. The maximum atomic E-state index is 7.06. The molecule has 0 N–H and O–H groups in total. The molecule has 5 heteroatoms. The number of hydrogen-bond donors (Lipinski definition) is 0. The van der Waals surface area contributed by atoms with Crippen LogP contribution in [0.15, 0.2) is 48.1 Å². The lowest BCUT2D eigenvalue weighted by atomic mass is 9.98. The Morgan fingerprint density at radius 1 is 0.974 bits per heavy atom. The molecular weight excluding hydrogens is 513 g/mol. The summed E-state index contributed by atoms with van der Waals surface area (Å²) in [6.07, 6.45) is 14.9. The second-order valence-corrected chi connectivity index (χ2v) is 23.3. The molecule has 1 aromatic rings. The highest BCUT2D eigenvalue weighted by atomic mass is 28.4. The van der Waals surface area contributed by atoms with Crippen molar-refractivity contribution in [1.82, 2.24) is 0 Å². The molecule has 0 aromatic heterocycles. The predicted molar refractivity (Wildman–Crippen MR) is 176 cm³/mol. The van der Waals surface area contributed by atoms with Crippen molar-refractivity contribution in [2.24, 2.45) is 0 Å². The zero-order valence-corrected chi connectivity index (χ0v) is 29.3. The predicted octanol–water partition coefficient (Wildman–Crippen LogP) is 10.6. The molecule has 0 aliphatic heterocycles. The van der Waals surface area contributed by atoms with Crippen LogP contribution in [0.1, 0.15) is 91.9 Å². The van der Waals surface area contributed by atoms with Crippen LogP contribution in [0.3, 0.4) is 0 Å². The van der Waals surface area contributed by atoms with Crippen LogP contribution in [0.4, 0.5) is 0 Å². The second-order valence-electron chi connectivity index (χ2n) is 13.8. The van der Waals surface area contributed by atoms with E-state index in [1.807, 2.05) is 6.08 Å². The van der Waals surface area contributed by atoms with Crippen LogP contribution in [0.2, 0.25) is 36.3 Å². The minimum absolute atomic E-state index is 0.0688. The van der Waals surface area contributed by atoms with Gasteiger partial charge in [0.15, 0.2) is 8.32 Å². The molecule has 0 saturated carbocycles. The molecule has 0 amide bonds. The van der Waals surface area contributed by atoms with Crippen LogP contribution in [0.25, 0.3) is 0 Å². The number of methoxy groups -OCH3 is 1. The van der Waals surface area contributed by atoms with Crippen molar-refractivity contribution in [1.29, 1.82) is 0 Å². The fourth-order valence-corrected chi connectivity index (χ4v) is 5.92. The average Bonchev–Trinajstić information content (AvgIpc) is 2.78.